The lowest BCUT2D eigenvalue weighted by molar-refractivity contribution is 0.256. The van der Waals surface area contributed by atoms with Gasteiger partial charge in [-0.3, -0.25) is 15.7 Å². The van der Waals surface area contributed by atoms with Crippen LogP contribution in [0, 0.1) is 5.41 Å². The molecule has 0 fully saturated rings. The summed E-state index contributed by atoms with van der Waals surface area (Å²) in [5, 5.41) is 14.8. The molecule has 1 aromatic rings. The molecule has 16 heavy (non-hydrogen) atoms. The van der Waals surface area contributed by atoms with Crippen molar-refractivity contribution in [2.45, 2.75) is 0 Å². The van der Waals surface area contributed by atoms with E-state index in [9.17, 15) is 4.79 Å². The van der Waals surface area contributed by atoms with Crippen molar-refractivity contribution in [2.75, 3.05) is 11.9 Å². The zero-order chi connectivity index (χ0) is 11.8. The normalized spacial score (nSPS) is 9.00. The van der Waals surface area contributed by atoms with E-state index in [4.69, 9.17) is 5.41 Å². The van der Waals surface area contributed by atoms with Crippen molar-refractivity contribution in [2.24, 2.45) is 0 Å². The molecular weight excluding hydrogens is 206 g/mol. The monoisotopic (exact) mass is 219 g/mol. The average Bonchev–Trinajstić information content (AvgIpc) is 2.27. The summed E-state index contributed by atoms with van der Waals surface area (Å²) in [7, 11) is 0. The predicted octanol–water partition coefficient (Wildman–Crippen LogP) is 0.913. The van der Waals surface area contributed by atoms with Gasteiger partial charge in [-0.1, -0.05) is 6.08 Å². The van der Waals surface area contributed by atoms with Crippen molar-refractivity contribution in [1.29, 1.82) is 5.41 Å². The maximum atomic E-state index is 11.3. The van der Waals surface area contributed by atoms with Crippen molar-refractivity contribution >= 4 is 17.7 Å². The SMILES string of the molecule is C=CCNC(=N)NC(=O)Nc1ccncc1. The van der Waals surface area contributed by atoms with E-state index in [0.29, 0.717) is 12.2 Å². The van der Waals surface area contributed by atoms with Gasteiger partial charge in [0.15, 0.2) is 5.96 Å². The minimum Gasteiger partial charge on any atom is -0.353 e. The van der Waals surface area contributed by atoms with E-state index in [-0.39, 0.29) is 5.96 Å². The number of hydrogen-bond acceptors (Lipinski definition) is 3. The van der Waals surface area contributed by atoms with Crippen LogP contribution in [0.5, 0.6) is 0 Å². The summed E-state index contributed by atoms with van der Waals surface area (Å²) in [5.74, 6) is -0.0774. The molecule has 0 atom stereocenters. The van der Waals surface area contributed by atoms with Crippen LogP contribution in [-0.2, 0) is 0 Å². The first-order chi connectivity index (χ1) is 7.72. The van der Waals surface area contributed by atoms with Crippen LogP contribution >= 0.6 is 0 Å². The number of carbonyl (C=O) groups excluding carboxylic acids is 1. The number of urea groups is 1. The topological polar surface area (TPSA) is 89.9 Å². The van der Waals surface area contributed by atoms with E-state index < -0.39 is 6.03 Å². The Morgan fingerprint density at radius 3 is 2.81 bits per heavy atom. The first kappa shape index (κ1) is 11.7. The van der Waals surface area contributed by atoms with Gasteiger partial charge in [-0.05, 0) is 12.1 Å². The minimum absolute atomic E-state index is 0.0774. The fraction of sp³-hybridized carbons (Fsp3) is 0.100. The Bertz CT molecular complexity index is 376. The van der Waals surface area contributed by atoms with Crippen LogP contribution in [-0.4, -0.2) is 23.5 Å². The Morgan fingerprint density at radius 2 is 2.19 bits per heavy atom. The van der Waals surface area contributed by atoms with E-state index in [1.54, 1.807) is 30.6 Å². The molecule has 2 amide bonds. The van der Waals surface area contributed by atoms with Crippen LogP contribution in [0.3, 0.4) is 0 Å². The lowest BCUT2D eigenvalue weighted by Crippen LogP contribution is -2.42. The summed E-state index contributed by atoms with van der Waals surface area (Å²) in [4.78, 5) is 15.2. The molecule has 6 nitrogen and oxygen atoms in total. The van der Waals surface area contributed by atoms with Crippen LogP contribution in [0.2, 0.25) is 0 Å². The van der Waals surface area contributed by atoms with Gasteiger partial charge in [0.1, 0.15) is 0 Å². The van der Waals surface area contributed by atoms with Gasteiger partial charge in [-0.15, -0.1) is 6.58 Å². The molecule has 0 saturated carbocycles. The fourth-order valence-electron chi connectivity index (χ4n) is 0.930. The highest BCUT2D eigenvalue weighted by molar-refractivity contribution is 6.01. The number of aromatic nitrogens is 1. The van der Waals surface area contributed by atoms with E-state index in [2.05, 4.69) is 27.5 Å². The second-order valence-corrected chi connectivity index (χ2v) is 2.86. The zero-order valence-corrected chi connectivity index (χ0v) is 8.66. The van der Waals surface area contributed by atoms with Crippen molar-refractivity contribution in [3.05, 3.63) is 37.2 Å². The van der Waals surface area contributed by atoms with Gasteiger partial charge in [-0.25, -0.2) is 4.79 Å². The summed E-state index contributed by atoms with van der Waals surface area (Å²) >= 11 is 0. The smallest absolute Gasteiger partial charge is 0.325 e. The maximum absolute atomic E-state index is 11.3. The van der Waals surface area contributed by atoms with Gasteiger partial charge in [0.05, 0.1) is 0 Å². The molecule has 0 saturated heterocycles. The number of guanidine groups is 1. The maximum Gasteiger partial charge on any atom is 0.325 e. The summed E-state index contributed by atoms with van der Waals surface area (Å²) in [6, 6.07) is 2.83. The van der Waals surface area contributed by atoms with Gasteiger partial charge in [-0.2, -0.15) is 0 Å². The number of carbonyl (C=O) groups is 1. The van der Waals surface area contributed by atoms with Crippen molar-refractivity contribution in [3.8, 4) is 0 Å². The highest BCUT2D eigenvalue weighted by atomic mass is 16.2. The lowest BCUT2D eigenvalue weighted by Gasteiger charge is -2.08. The van der Waals surface area contributed by atoms with Crippen molar-refractivity contribution < 1.29 is 4.79 Å². The second-order valence-electron chi connectivity index (χ2n) is 2.86. The molecule has 0 radical (unpaired) electrons. The van der Waals surface area contributed by atoms with E-state index in [0.717, 1.165) is 0 Å². The summed E-state index contributed by atoms with van der Waals surface area (Å²) in [5.41, 5.74) is 0.615. The van der Waals surface area contributed by atoms with Gasteiger partial charge < -0.3 is 10.6 Å². The van der Waals surface area contributed by atoms with Gasteiger partial charge in [0, 0.05) is 24.6 Å². The number of pyridine rings is 1. The third-order valence-electron chi connectivity index (χ3n) is 1.60. The number of amides is 2. The number of anilines is 1. The largest absolute Gasteiger partial charge is 0.353 e. The molecule has 1 heterocycles. The first-order valence-electron chi connectivity index (χ1n) is 4.63. The molecule has 0 aliphatic rings. The molecule has 0 aliphatic heterocycles. The first-order valence-corrected chi connectivity index (χ1v) is 4.63. The number of hydrogen-bond donors (Lipinski definition) is 4. The molecule has 1 aromatic heterocycles. The Morgan fingerprint density at radius 1 is 1.50 bits per heavy atom. The highest BCUT2D eigenvalue weighted by Gasteiger charge is 2.02. The van der Waals surface area contributed by atoms with Gasteiger partial charge in [0.25, 0.3) is 0 Å². The van der Waals surface area contributed by atoms with Crippen LogP contribution < -0.4 is 16.0 Å². The van der Waals surface area contributed by atoms with Gasteiger partial charge in [0.2, 0.25) is 0 Å². The zero-order valence-electron chi connectivity index (χ0n) is 8.66. The molecule has 0 unspecified atom stereocenters. The second kappa shape index (κ2) is 6.18. The minimum atomic E-state index is -0.479. The third-order valence-corrected chi connectivity index (χ3v) is 1.60. The Kier molecular flexibility index (Phi) is 4.52. The Hall–Kier alpha value is -2.37. The van der Waals surface area contributed by atoms with E-state index in [1.165, 1.54) is 0 Å². The van der Waals surface area contributed by atoms with Crippen LogP contribution in [0.1, 0.15) is 0 Å². The van der Waals surface area contributed by atoms with Crippen LogP contribution in [0.25, 0.3) is 0 Å². The third kappa shape index (κ3) is 4.23. The summed E-state index contributed by atoms with van der Waals surface area (Å²) in [6.45, 7) is 3.91. The highest BCUT2D eigenvalue weighted by Crippen LogP contribution is 2.01. The molecule has 1 rings (SSSR count). The molecule has 0 bridgehead atoms. The average molecular weight is 219 g/mol. The Balaban J connectivity index is 2.36. The number of nitrogens with one attached hydrogen (secondary N) is 4. The molecule has 84 valence electrons. The van der Waals surface area contributed by atoms with Crippen molar-refractivity contribution in [1.82, 2.24) is 15.6 Å². The number of nitrogens with zero attached hydrogens (tertiary/aromatic N) is 1. The van der Waals surface area contributed by atoms with E-state index >= 15 is 0 Å². The van der Waals surface area contributed by atoms with Crippen molar-refractivity contribution in [3.63, 3.8) is 0 Å². The molecule has 0 aliphatic carbocycles. The summed E-state index contributed by atoms with van der Waals surface area (Å²) < 4.78 is 0. The molecule has 6 heteroatoms. The molecular formula is C10H13N5O. The Labute approximate surface area is 93.3 Å². The molecule has 4 N–H and O–H groups in total. The quantitative estimate of drug-likeness (QED) is 0.346. The van der Waals surface area contributed by atoms with Crippen LogP contribution in [0.4, 0.5) is 10.5 Å². The number of rotatable bonds is 3. The standard InChI is InChI=1S/C10H13N5O/c1-2-5-13-9(11)15-10(16)14-8-3-6-12-7-4-8/h2-4,6-7H,1,5H2,(H4,11,12,13,14,15,16). The van der Waals surface area contributed by atoms with E-state index in [1.807, 2.05) is 0 Å². The van der Waals surface area contributed by atoms with Crippen LogP contribution in [0.15, 0.2) is 37.2 Å². The van der Waals surface area contributed by atoms with Gasteiger partial charge >= 0.3 is 6.03 Å². The fourth-order valence-corrected chi connectivity index (χ4v) is 0.930. The molecule has 0 spiro atoms. The summed E-state index contributed by atoms with van der Waals surface area (Å²) in [6.07, 6.45) is 4.73. The predicted molar refractivity (Wildman–Crippen MR) is 62.3 cm³/mol. The molecule has 0 aromatic carbocycles. The lowest BCUT2D eigenvalue weighted by atomic mass is 10.4.